The van der Waals surface area contributed by atoms with Crippen LogP contribution in [0.4, 0.5) is 33.7 Å². The van der Waals surface area contributed by atoms with E-state index in [1.54, 1.807) is 0 Å². The largest absolute Gasteiger partial charge is 0.442 e. The molecule has 0 aromatic heterocycles. The standard InChI is InChI=1S/C20H24F4N8O4/c21-14-6-12(31-10-13(36-20(31)35)9-27-19(34)18(23)24)7-15(22)17(14)30-2-1-28-32(4-3-30)16(33)5-11(8-25)29-26/h6-8,13,18,25,28H,1-5,9-10,26H2,(H,27,34). The van der Waals surface area contributed by atoms with Crippen molar-refractivity contribution >= 4 is 41.2 Å². The monoisotopic (exact) mass is 516 g/mol. The van der Waals surface area contributed by atoms with Crippen LogP contribution in [0.2, 0.25) is 0 Å². The fourth-order valence-electron chi connectivity index (χ4n) is 3.69. The number of hydrazone groups is 1. The smallest absolute Gasteiger partial charge is 0.414 e. The number of benzene rings is 1. The van der Waals surface area contributed by atoms with Gasteiger partial charge in [0.15, 0.2) is 11.6 Å². The number of alkyl halides is 2. The lowest BCUT2D eigenvalue weighted by Gasteiger charge is -2.25. The summed E-state index contributed by atoms with van der Waals surface area (Å²) in [6.45, 7) is -0.130. The Balaban J connectivity index is 1.67. The number of nitrogens with zero attached hydrogens (tertiary/aromatic N) is 4. The highest BCUT2D eigenvalue weighted by Gasteiger charge is 2.34. The summed E-state index contributed by atoms with van der Waals surface area (Å²) in [6.07, 6.45) is -4.53. The van der Waals surface area contributed by atoms with Crippen molar-refractivity contribution in [1.82, 2.24) is 15.8 Å². The summed E-state index contributed by atoms with van der Waals surface area (Å²) in [4.78, 5) is 37.8. The number of carbonyl (C=O) groups is 3. The second-order valence-electron chi connectivity index (χ2n) is 7.80. The zero-order valence-corrected chi connectivity index (χ0v) is 18.8. The molecule has 0 radical (unpaired) electrons. The summed E-state index contributed by atoms with van der Waals surface area (Å²) in [5.74, 6) is 1.23. The molecule has 2 aliphatic rings. The molecule has 3 amide bonds. The number of anilines is 2. The first-order chi connectivity index (χ1) is 17.1. The van der Waals surface area contributed by atoms with Crippen molar-refractivity contribution in [2.45, 2.75) is 19.0 Å². The molecule has 1 aromatic carbocycles. The lowest BCUT2D eigenvalue weighted by Crippen LogP contribution is -2.44. The van der Waals surface area contributed by atoms with E-state index in [4.69, 9.17) is 16.0 Å². The third-order valence-electron chi connectivity index (χ3n) is 5.45. The van der Waals surface area contributed by atoms with Gasteiger partial charge in [-0.15, -0.1) is 0 Å². The van der Waals surface area contributed by atoms with Crippen LogP contribution in [0.3, 0.4) is 0 Å². The van der Waals surface area contributed by atoms with Gasteiger partial charge in [0.25, 0.3) is 5.91 Å². The third kappa shape index (κ3) is 6.18. The highest BCUT2D eigenvalue weighted by atomic mass is 19.3. The summed E-state index contributed by atoms with van der Waals surface area (Å²) in [6, 6.07) is 1.88. The molecule has 2 fully saturated rings. The van der Waals surface area contributed by atoms with Crippen LogP contribution >= 0.6 is 0 Å². The number of hydrogen-bond donors (Lipinski definition) is 4. The Bertz CT molecular complexity index is 1030. The summed E-state index contributed by atoms with van der Waals surface area (Å²) in [7, 11) is 0. The van der Waals surface area contributed by atoms with Crippen molar-refractivity contribution in [2.75, 3.05) is 49.1 Å². The number of nitrogens with one attached hydrogen (secondary N) is 3. The van der Waals surface area contributed by atoms with Crippen LogP contribution in [-0.4, -0.2) is 86.6 Å². The molecule has 1 unspecified atom stereocenters. The minimum atomic E-state index is -3.23. The van der Waals surface area contributed by atoms with Gasteiger partial charge in [-0.3, -0.25) is 19.5 Å². The summed E-state index contributed by atoms with van der Waals surface area (Å²) in [5.41, 5.74) is 2.41. The number of hydrazine groups is 1. The van der Waals surface area contributed by atoms with Gasteiger partial charge in [-0.2, -0.15) is 13.9 Å². The molecular weight excluding hydrogens is 492 g/mol. The number of rotatable bonds is 8. The summed E-state index contributed by atoms with van der Waals surface area (Å²) < 4.78 is 59.6. The molecule has 2 heterocycles. The lowest BCUT2D eigenvalue weighted by atomic mass is 10.2. The molecule has 2 saturated heterocycles. The van der Waals surface area contributed by atoms with Gasteiger partial charge in [0, 0.05) is 38.0 Å². The molecule has 36 heavy (non-hydrogen) atoms. The quantitative estimate of drug-likeness (QED) is 0.166. The van der Waals surface area contributed by atoms with Crippen molar-refractivity contribution in [1.29, 1.82) is 5.41 Å². The van der Waals surface area contributed by atoms with Crippen molar-refractivity contribution in [3.8, 4) is 0 Å². The van der Waals surface area contributed by atoms with E-state index >= 15 is 8.78 Å². The zero-order chi connectivity index (χ0) is 26.4. The van der Waals surface area contributed by atoms with E-state index in [0.717, 1.165) is 23.2 Å². The highest BCUT2D eigenvalue weighted by Crippen LogP contribution is 2.31. The van der Waals surface area contributed by atoms with Crippen LogP contribution in [0.1, 0.15) is 6.42 Å². The predicted molar refractivity (Wildman–Crippen MR) is 120 cm³/mol. The van der Waals surface area contributed by atoms with E-state index in [1.165, 1.54) is 9.91 Å². The first-order valence-corrected chi connectivity index (χ1v) is 10.7. The molecule has 3 rings (SSSR count). The Morgan fingerprint density at radius 1 is 1.28 bits per heavy atom. The number of carbonyl (C=O) groups excluding carboxylic acids is 3. The van der Waals surface area contributed by atoms with E-state index < -0.39 is 42.1 Å². The van der Waals surface area contributed by atoms with Crippen molar-refractivity contribution in [3.05, 3.63) is 23.8 Å². The topological polar surface area (TPSA) is 156 Å². The van der Waals surface area contributed by atoms with Crippen LogP contribution in [-0.2, 0) is 14.3 Å². The summed E-state index contributed by atoms with van der Waals surface area (Å²) >= 11 is 0. The molecule has 1 atom stereocenters. The van der Waals surface area contributed by atoms with Crippen molar-refractivity contribution in [2.24, 2.45) is 10.9 Å². The first kappa shape index (κ1) is 26.7. The van der Waals surface area contributed by atoms with Gasteiger partial charge in [-0.05, 0) is 0 Å². The second-order valence-corrected chi connectivity index (χ2v) is 7.80. The minimum Gasteiger partial charge on any atom is -0.442 e. The second kappa shape index (κ2) is 11.7. The lowest BCUT2D eigenvalue weighted by molar-refractivity contribution is -0.133. The van der Waals surface area contributed by atoms with Crippen molar-refractivity contribution < 1.29 is 36.7 Å². The maximum atomic E-state index is 15.0. The third-order valence-corrected chi connectivity index (χ3v) is 5.45. The van der Waals surface area contributed by atoms with E-state index in [0.29, 0.717) is 0 Å². The average Bonchev–Trinajstić information content (AvgIpc) is 3.04. The Kier molecular flexibility index (Phi) is 8.63. The maximum Gasteiger partial charge on any atom is 0.414 e. The van der Waals surface area contributed by atoms with Gasteiger partial charge < -0.3 is 26.2 Å². The molecule has 0 saturated carbocycles. The SMILES string of the molecule is N=CC(CC(=O)N1CCN(c2c(F)cc(N3CC(CNC(=O)C(F)F)OC3=O)cc2F)CCN1)=NN. The number of cyclic esters (lactones) is 1. The molecule has 2 aliphatic heterocycles. The predicted octanol–water partition coefficient (Wildman–Crippen LogP) is 0.179. The van der Waals surface area contributed by atoms with Crippen molar-refractivity contribution in [3.63, 3.8) is 0 Å². The molecule has 5 N–H and O–H groups in total. The number of halogens is 4. The normalized spacial score (nSPS) is 18.8. The molecule has 16 heteroatoms. The van der Waals surface area contributed by atoms with Gasteiger partial charge in [-0.1, -0.05) is 0 Å². The molecule has 196 valence electrons. The maximum absolute atomic E-state index is 15.0. The number of ether oxygens (including phenoxy) is 1. The summed E-state index contributed by atoms with van der Waals surface area (Å²) in [5, 5.41) is 13.7. The van der Waals surface area contributed by atoms with Gasteiger partial charge in [0.2, 0.25) is 5.91 Å². The van der Waals surface area contributed by atoms with E-state index in [-0.39, 0.29) is 62.8 Å². The Hall–Kier alpha value is -3.95. The Labute approximate surface area is 202 Å². The average molecular weight is 516 g/mol. The molecule has 0 spiro atoms. The molecular formula is C20H24F4N8O4. The van der Waals surface area contributed by atoms with Crippen LogP contribution in [0.5, 0.6) is 0 Å². The fourth-order valence-corrected chi connectivity index (χ4v) is 3.69. The molecule has 0 aliphatic carbocycles. The first-order valence-electron chi connectivity index (χ1n) is 10.7. The number of amides is 3. The van der Waals surface area contributed by atoms with Crippen LogP contribution in [0, 0.1) is 17.0 Å². The Morgan fingerprint density at radius 3 is 2.58 bits per heavy atom. The van der Waals surface area contributed by atoms with Crippen LogP contribution in [0.15, 0.2) is 17.2 Å². The Morgan fingerprint density at radius 2 is 1.97 bits per heavy atom. The fraction of sp³-hybridized carbons (Fsp3) is 0.450. The van der Waals surface area contributed by atoms with E-state index in [1.807, 2.05) is 5.32 Å². The van der Waals surface area contributed by atoms with E-state index in [2.05, 4.69) is 10.5 Å². The molecule has 12 nitrogen and oxygen atoms in total. The van der Waals surface area contributed by atoms with Gasteiger partial charge >= 0.3 is 12.5 Å². The van der Waals surface area contributed by atoms with Gasteiger partial charge in [-0.25, -0.2) is 19.0 Å². The van der Waals surface area contributed by atoms with Gasteiger partial charge in [0.1, 0.15) is 11.8 Å². The van der Waals surface area contributed by atoms with Crippen LogP contribution < -0.4 is 26.4 Å². The number of nitrogens with two attached hydrogens (primary N) is 1. The minimum absolute atomic E-state index is 0.0645. The van der Waals surface area contributed by atoms with Gasteiger partial charge in [0.05, 0.1) is 37.5 Å². The molecule has 0 bridgehead atoms. The highest BCUT2D eigenvalue weighted by molar-refractivity contribution is 6.33. The van der Waals surface area contributed by atoms with Crippen LogP contribution in [0.25, 0.3) is 0 Å². The van der Waals surface area contributed by atoms with E-state index in [9.17, 15) is 23.2 Å². The number of hydrogen-bond acceptors (Lipinski definition) is 9. The molecule has 1 aromatic rings. The zero-order valence-electron chi connectivity index (χ0n) is 18.8.